The summed E-state index contributed by atoms with van der Waals surface area (Å²) in [5.74, 6) is -0.0920. The second kappa shape index (κ2) is 10.4. The van der Waals surface area contributed by atoms with E-state index in [9.17, 15) is 4.79 Å². The normalized spacial score (nSPS) is 11.4. The molecule has 1 aromatic carbocycles. The van der Waals surface area contributed by atoms with Gasteiger partial charge in [-0.3, -0.25) is 9.48 Å². The van der Waals surface area contributed by atoms with Gasteiger partial charge in [0, 0.05) is 31.0 Å². The van der Waals surface area contributed by atoms with Crippen LogP contribution >= 0.6 is 24.8 Å². The number of hydrogen-bond acceptors (Lipinski definition) is 4. The summed E-state index contributed by atoms with van der Waals surface area (Å²) in [6.45, 7) is 2.83. The van der Waals surface area contributed by atoms with E-state index >= 15 is 0 Å². The van der Waals surface area contributed by atoms with Crippen molar-refractivity contribution in [1.29, 1.82) is 0 Å². The molecule has 0 aliphatic rings. The molecule has 1 aromatic heterocycles. The third-order valence-corrected chi connectivity index (χ3v) is 3.67. The van der Waals surface area contributed by atoms with Gasteiger partial charge in [-0.05, 0) is 45.3 Å². The van der Waals surface area contributed by atoms with E-state index in [4.69, 9.17) is 0 Å². The first kappa shape index (κ1) is 23.4. The van der Waals surface area contributed by atoms with E-state index in [0.717, 1.165) is 23.4 Å². The molecule has 6 nitrogen and oxygen atoms in total. The molecule has 0 aliphatic heterocycles. The second-order valence-electron chi connectivity index (χ2n) is 6.05. The van der Waals surface area contributed by atoms with Gasteiger partial charge in [-0.25, -0.2) is 0 Å². The Hall–Kier alpha value is -1.60. The van der Waals surface area contributed by atoms with Gasteiger partial charge < -0.3 is 15.5 Å². The Kier molecular flexibility index (Phi) is 9.74. The first-order valence-corrected chi connectivity index (χ1v) is 7.61. The lowest BCUT2D eigenvalue weighted by molar-refractivity contribution is -0.118. The van der Waals surface area contributed by atoms with Crippen LogP contribution in [0.15, 0.2) is 30.6 Å². The van der Waals surface area contributed by atoms with Crippen LogP contribution in [0, 0.1) is 6.92 Å². The van der Waals surface area contributed by atoms with Gasteiger partial charge >= 0.3 is 0 Å². The van der Waals surface area contributed by atoms with Gasteiger partial charge in [0.15, 0.2) is 0 Å². The Morgan fingerprint density at radius 1 is 1.32 bits per heavy atom. The molecule has 0 saturated heterocycles. The van der Waals surface area contributed by atoms with Crippen LogP contribution in [0.4, 0.5) is 5.69 Å². The lowest BCUT2D eigenvalue weighted by atomic mass is 10.1. The van der Waals surface area contributed by atoms with E-state index < -0.39 is 6.04 Å². The highest BCUT2D eigenvalue weighted by molar-refractivity contribution is 5.96. The zero-order valence-corrected chi connectivity index (χ0v) is 16.9. The number of carbonyl (C=O) groups excluding carboxylic acids is 1. The molecule has 0 aliphatic carbocycles. The van der Waals surface area contributed by atoms with Crippen LogP contribution in [-0.4, -0.2) is 41.7 Å². The molecule has 0 bridgehead atoms. The van der Waals surface area contributed by atoms with E-state index in [2.05, 4.69) is 26.7 Å². The van der Waals surface area contributed by atoms with E-state index in [1.807, 2.05) is 46.4 Å². The number of amides is 1. The van der Waals surface area contributed by atoms with Crippen LogP contribution in [-0.2, 0) is 18.4 Å². The lowest BCUT2D eigenvalue weighted by Crippen LogP contribution is -2.30. The summed E-state index contributed by atoms with van der Waals surface area (Å²) in [6.07, 6.45) is 3.55. The summed E-state index contributed by atoms with van der Waals surface area (Å²) < 4.78 is 1.69. The second-order valence-corrected chi connectivity index (χ2v) is 6.05. The minimum absolute atomic E-state index is 0. The molecular weight excluding hydrogens is 361 g/mol. The maximum Gasteiger partial charge on any atom is 0.246 e. The summed E-state index contributed by atoms with van der Waals surface area (Å²) in [7, 11) is 7.66. The number of aromatic nitrogens is 2. The predicted molar refractivity (Wildman–Crippen MR) is 107 cm³/mol. The maximum atomic E-state index is 12.6. The molecule has 1 heterocycles. The molecule has 1 unspecified atom stereocenters. The molecule has 0 radical (unpaired) electrons. The number of nitrogens with one attached hydrogen (secondary N) is 2. The zero-order valence-electron chi connectivity index (χ0n) is 15.2. The number of carbonyl (C=O) groups is 1. The van der Waals surface area contributed by atoms with Crippen LogP contribution in [0.3, 0.4) is 0 Å². The van der Waals surface area contributed by atoms with Crippen molar-refractivity contribution in [2.75, 3.05) is 26.5 Å². The van der Waals surface area contributed by atoms with E-state index in [0.29, 0.717) is 0 Å². The van der Waals surface area contributed by atoms with Crippen molar-refractivity contribution in [3.63, 3.8) is 0 Å². The van der Waals surface area contributed by atoms with Crippen molar-refractivity contribution in [2.45, 2.75) is 19.5 Å². The number of rotatable bonds is 6. The van der Waals surface area contributed by atoms with Crippen LogP contribution < -0.4 is 10.6 Å². The van der Waals surface area contributed by atoms with Crippen LogP contribution in [0.1, 0.15) is 22.7 Å². The average molecular weight is 388 g/mol. The fourth-order valence-corrected chi connectivity index (χ4v) is 2.51. The highest BCUT2D eigenvalue weighted by Crippen LogP contribution is 2.20. The van der Waals surface area contributed by atoms with Crippen LogP contribution in [0.5, 0.6) is 0 Å². The highest BCUT2D eigenvalue weighted by Gasteiger charge is 2.20. The van der Waals surface area contributed by atoms with Crippen molar-refractivity contribution in [3.05, 3.63) is 47.3 Å². The van der Waals surface area contributed by atoms with Crippen molar-refractivity contribution in [1.82, 2.24) is 20.0 Å². The monoisotopic (exact) mass is 387 g/mol. The molecule has 0 saturated carbocycles. The molecule has 8 heteroatoms. The van der Waals surface area contributed by atoms with Crippen LogP contribution in [0.25, 0.3) is 0 Å². The van der Waals surface area contributed by atoms with Crippen molar-refractivity contribution in [3.8, 4) is 0 Å². The molecule has 1 amide bonds. The Bertz CT molecular complexity index is 687. The van der Waals surface area contributed by atoms with Gasteiger partial charge in [-0.1, -0.05) is 12.1 Å². The Labute approximate surface area is 161 Å². The Balaban J connectivity index is 0.00000288. The van der Waals surface area contributed by atoms with Gasteiger partial charge in [0.25, 0.3) is 0 Å². The third-order valence-electron chi connectivity index (χ3n) is 3.67. The maximum absolute atomic E-state index is 12.6. The molecule has 0 spiro atoms. The van der Waals surface area contributed by atoms with Gasteiger partial charge in [-0.15, -0.1) is 24.8 Å². The molecule has 1 atom stereocenters. The first-order valence-electron chi connectivity index (χ1n) is 7.61. The van der Waals surface area contributed by atoms with Gasteiger partial charge in [0.1, 0.15) is 6.04 Å². The fourth-order valence-electron chi connectivity index (χ4n) is 2.51. The summed E-state index contributed by atoms with van der Waals surface area (Å²) >= 11 is 0. The number of benzene rings is 1. The fraction of sp³-hybridized carbons (Fsp3) is 0.412. The third kappa shape index (κ3) is 6.32. The van der Waals surface area contributed by atoms with Gasteiger partial charge in [-0.2, -0.15) is 5.10 Å². The molecule has 140 valence electrons. The summed E-state index contributed by atoms with van der Waals surface area (Å²) in [6, 6.07) is 5.72. The molecule has 2 N–H and O–H groups in total. The Morgan fingerprint density at radius 3 is 2.52 bits per heavy atom. The summed E-state index contributed by atoms with van der Waals surface area (Å²) in [4.78, 5) is 14.7. The largest absolute Gasteiger partial charge is 0.324 e. The van der Waals surface area contributed by atoms with Gasteiger partial charge in [0.05, 0.1) is 6.20 Å². The van der Waals surface area contributed by atoms with Crippen molar-refractivity contribution in [2.24, 2.45) is 7.05 Å². The molecule has 2 aromatic rings. The lowest BCUT2D eigenvalue weighted by Gasteiger charge is -2.17. The van der Waals surface area contributed by atoms with Gasteiger partial charge in [0.2, 0.25) is 5.91 Å². The summed E-state index contributed by atoms with van der Waals surface area (Å²) in [5.41, 5.74) is 3.90. The van der Waals surface area contributed by atoms with E-state index in [1.54, 1.807) is 17.9 Å². The molecule has 25 heavy (non-hydrogen) atoms. The number of nitrogens with zero attached hydrogens (tertiary/aromatic N) is 3. The number of hydrogen-bond donors (Lipinski definition) is 2. The predicted octanol–water partition coefficient (Wildman–Crippen LogP) is 2.53. The van der Waals surface area contributed by atoms with Crippen molar-refractivity contribution >= 4 is 36.4 Å². The number of anilines is 1. The van der Waals surface area contributed by atoms with Crippen molar-refractivity contribution < 1.29 is 4.79 Å². The smallest absolute Gasteiger partial charge is 0.246 e. The number of halogens is 2. The minimum Gasteiger partial charge on any atom is -0.324 e. The van der Waals surface area contributed by atoms with E-state index in [1.165, 1.54) is 5.56 Å². The topological polar surface area (TPSA) is 62.2 Å². The number of aryl methyl sites for hydroxylation is 2. The standard InChI is InChI=1S/C17H25N5O.2ClH/c1-12-6-7-13(10-21(3)4)8-15(12)20-17(23)16(18-2)14-9-19-22(5)11-14;;/h6-9,11,16,18H,10H2,1-5H3,(H,20,23);2*1H. The molecular formula is C17H27Cl2N5O. The summed E-state index contributed by atoms with van der Waals surface area (Å²) in [5, 5.41) is 10.2. The first-order chi connectivity index (χ1) is 10.9. The molecule has 0 fully saturated rings. The quantitative estimate of drug-likeness (QED) is 0.799. The molecule has 2 rings (SSSR count). The SMILES string of the molecule is CNC(C(=O)Nc1cc(CN(C)C)ccc1C)c1cnn(C)c1.Cl.Cl. The minimum atomic E-state index is -0.430. The van der Waals surface area contributed by atoms with E-state index in [-0.39, 0.29) is 30.7 Å². The number of likely N-dealkylation sites (N-methyl/N-ethyl adjacent to an activating group) is 1. The Morgan fingerprint density at radius 2 is 2.00 bits per heavy atom. The average Bonchev–Trinajstić information content (AvgIpc) is 2.89. The highest BCUT2D eigenvalue weighted by atomic mass is 35.5. The zero-order chi connectivity index (χ0) is 17.0. The van der Waals surface area contributed by atoms with Crippen LogP contribution in [0.2, 0.25) is 0 Å².